The van der Waals surface area contributed by atoms with Crippen LogP contribution in [0.1, 0.15) is 44.5 Å². The van der Waals surface area contributed by atoms with Gasteiger partial charge < -0.3 is 10.3 Å². The minimum absolute atomic E-state index is 0.433. The van der Waals surface area contributed by atoms with Crippen LogP contribution in [-0.2, 0) is 0 Å². The van der Waals surface area contributed by atoms with E-state index >= 15 is 0 Å². The molecular weight excluding hydrogens is 254 g/mol. The summed E-state index contributed by atoms with van der Waals surface area (Å²) in [6.07, 6.45) is 7.04. The Labute approximate surface area is 99.2 Å². The summed E-state index contributed by atoms with van der Waals surface area (Å²) in [6, 6.07) is 0.433. The van der Waals surface area contributed by atoms with Gasteiger partial charge in [-0.3, -0.25) is 0 Å². The first-order chi connectivity index (χ1) is 7.31. The van der Waals surface area contributed by atoms with Crippen LogP contribution in [0.2, 0.25) is 0 Å². The first-order valence-electron chi connectivity index (χ1n) is 5.75. The topological polar surface area (TPSA) is 40.7 Å². The third-order valence-corrected chi connectivity index (χ3v) is 3.54. The van der Waals surface area contributed by atoms with E-state index in [0.717, 1.165) is 22.9 Å². The fourth-order valence-corrected chi connectivity index (χ4v) is 2.63. The molecule has 0 aliphatic carbocycles. The molecule has 2 heterocycles. The van der Waals surface area contributed by atoms with Crippen molar-refractivity contribution >= 4 is 15.9 Å². The van der Waals surface area contributed by atoms with Crippen molar-refractivity contribution in [3.63, 3.8) is 0 Å². The Kier molecular flexibility index (Phi) is 3.81. The van der Waals surface area contributed by atoms with Crippen LogP contribution in [0, 0.1) is 5.92 Å². The number of hydrogen-bond acceptors (Lipinski definition) is 2. The molecule has 0 bridgehead atoms. The first-order valence-corrected chi connectivity index (χ1v) is 6.54. The second-order valence-corrected chi connectivity index (χ2v) is 5.09. The minimum atomic E-state index is 0.433. The Hall–Kier alpha value is -0.350. The van der Waals surface area contributed by atoms with Crippen molar-refractivity contribution in [3.05, 3.63) is 16.6 Å². The zero-order chi connectivity index (χ0) is 10.7. The highest BCUT2D eigenvalue weighted by Gasteiger charge is 2.29. The van der Waals surface area contributed by atoms with Gasteiger partial charge in [0.15, 0.2) is 0 Å². The highest BCUT2D eigenvalue weighted by Crippen LogP contribution is 2.32. The minimum Gasteiger partial charge on any atom is -0.335 e. The maximum atomic E-state index is 4.39. The highest BCUT2D eigenvalue weighted by atomic mass is 79.9. The SMILES string of the molecule is CCCCC1CCN[C@@H]1c1ncc(Br)[nH]1. The Morgan fingerprint density at radius 2 is 2.47 bits per heavy atom. The molecule has 1 aliphatic heterocycles. The van der Waals surface area contributed by atoms with Gasteiger partial charge in [0.2, 0.25) is 0 Å². The fraction of sp³-hybridized carbons (Fsp3) is 0.727. The quantitative estimate of drug-likeness (QED) is 0.884. The second kappa shape index (κ2) is 5.12. The zero-order valence-electron chi connectivity index (χ0n) is 9.09. The monoisotopic (exact) mass is 271 g/mol. The van der Waals surface area contributed by atoms with E-state index in [0.29, 0.717) is 6.04 Å². The molecule has 1 unspecified atom stereocenters. The van der Waals surface area contributed by atoms with Crippen molar-refractivity contribution in [1.29, 1.82) is 0 Å². The summed E-state index contributed by atoms with van der Waals surface area (Å²) >= 11 is 3.41. The number of aromatic nitrogens is 2. The molecule has 84 valence electrons. The lowest BCUT2D eigenvalue weighted by atomic mass is 9.94. The average molecular weight is 272 g/mol. The molecule has 2 N–H and O–H groups in total. The Bertz CT molecular complexity index is 311. The molecule has 1 aliphatic rings. The van der Waals surface area contributed by atoms with Gasteiger partial charge in [0.25, 0.3) is 0 Å². The summed E-state index contributed by atoms with van der Waals surface area (Å²) < 4.78 is 0.973. The maximum absolute atomic E-state index is 4.39. The fourth-order valence-electron chi connectivity index (χ4n) is 2.33. The predicted octanol–water partition coefficient (Wildman–Crippen LogP) is 3.01. The van der Waals surface area contributed by atoms with Crippen molar-refractivity contribution in [3.8, 4) is 0 Å². The number of nitrogens with one attached hydrogen (secondary N) is 2. The highest BCUT2D eigenvalue weighted by molar-refractivity contribution is 9.10. The Morgan fingerprint density at radius 3 is 3.13 bits per heavy atom. The molecule has 1 aromatic heterocycles. The molecule has 1 aromatic rings. The number of nitrogens with zero attached hydrogens (tertiary/aromatic N) is 1. The average Bonchev–Trinajstić information content (AvgIpc) is 2.82. The molecule has 0 saturated carbocycles. The van der Waals surface area contributed by atoms with Crippen LogP contribution in [0.25, 0.3) is 0 Å². The number of aromatic amines is 1. The molecule has 0 radical (unpaired) electrons. The molecule has 0 aromatic carbocycles. The van der Waals surface area contributed by atoms with Crippen molar-refractivity contribution in [2.24, 2.45) is 5.92 Å². The maximum Gasteiger partial charge on any atom is 0.124 e. The molecule has 0 amide bonds. The van der Waals surface area contributed by atoms with E-state index in [1.54, 1.807) is 0 Å². The van der Waals surface area contributed by atoms with Crippen LogP contribution in [-0.4, -0.2) is 16.5 Å². The molecule has 2 rings (SSSR count). The summed E-state index contributed by atoms with van der Waals surface area (Å²) in [6.45, 7) is 3.37. The summed E-state index contributed by atoms with van der Waals surface area (Å²) in [5, 5.41) is 3.53. The molecule has 1 fully saturated rings. The van der Waals surface area contributed by atoms with E-state index in [-0.39, 0.29) is 0 Å². The standard InChI is InChI=1S/C11H18BrN3/c1-2-3-4-8-5-6-13-10(8)11-14-7-9(12)15-11/h7-8,10,13H,2-6H2,1H3,(H,14,15)/t8?,10-/m0/s1. The van der Waals surface area contributed by atoms with E-state index in [9.17, 15) is 0 Å². The largest absolute Gasteiger partial charge is 0.335 e. The number of H-pyrrole nitrogens is 1. The molecule has 0 spiro atoms. The van der Waals surface area contributed by atoms with E-state index in [4.69, 9.17) is 0 Å². The van der Waals surface area contributed by atoms with Crippen LogP contribution in [0.4, 0.5) is 0 Å². The van der Waals surface area contributed by atoms with Gasteiger partial charge in [-0.25, -0.2) is 4.98 Å². The van der Waals surface area contributed by atoms with Gasteiger partial charge in [0.05, 0.1) is 12.2 Å². The Morgan fingerprint density at radius 1 is 1.60 bits per heavy atom. The summed E-state index contributed by atoms with van der Waals surface area (Å²) in [7, 11) is 0. The lowest BCUT2D eigenvalue weighted by molar-refractivity contribution is 0.405. The number of hydrogen-bond donors (Lipinski definition) is 2. The van der Waals surface area contributed by atoms with Gasteiger partial charge in [-0.05, 0) is 41.2 Å². The van der Waals surface area contributed by atoms with Crippen molar-refractivity contribution < 1.29 is 0 Å². The van der Waals surface area contributed by atoms with Crippen LogP contribution < -0.4 is 5.32 Å². The Balaban J connectivity index is 2.01. The van der Waals surface area contributed by atoms with E-state index in [1.165, 1.54) is 25.7 Å². The molecular formula is C11H18BrN3. The molecule has 15 heavy (non-hydrogen) atoms. The summed E-state index contributed by atoms with van der Waals surface area (Å²) in [4.78, 5) is 7.66. The molecule has 2 atom stereocenters. The van der Waals surface area contributed by atoms with Crippen molar-refractivity contribution in [2.45, 2.75) is 38.6 Å². The third-order valence-electron chi connectivity index (χ3n) is 3.14. The van der Waals surface area contributed by atoms with Crippen LogP contribution in [0.3, 0.4) is 0 Å². The summed E-state index contributed by atoms with van der Waals surface area (Å²) in [5.74, 6) is 1.84. The summed E-state index contributed by atoms with van der Waals surface area (Å²) in [5.41, 5.74) is 0. The van der Waals surface area contributed by atoms with Crippen LogP contribution >= 0.6 is 15.9 Å². The zero-order valence-corrected chi connectivity index (χ0v) is 10.7. The number of unbranched alkanes of at least 4 members (excludes halogenated alkanes) is 1. The third kappa shape index (κ3) is 2.61. The normalized spacial score (nSPS) is 26.0. The molecule has 1 saturated heterocycles. The van der Waals surface area contributed by atoms with E-state index in [2.05, 4.69) is 38.1 Å². The van der Waals surface area contributed by atoms with Gasteiger partial charge in [-0.15, -0.1) is 0 Å². The molecule has 4 heteroatoms. The van der Waals surface area contributed by atoms with Gasteiger partial charge in [-0.1, -0.05) is 19.8 Å². The van der Waals surface area contributed by atoms with Gasteiger partial charge in [0, 0.05) is 0 Å². The molecule has 3 nitrogen and oxygen atoms in total. The first kappa shape index (κ1) is 11.1. The van der Waals surface area contributed by atoms with E-state index < -0.39 is 0 Å². The smallest absolute Gasteiger partial charge is 0.124 e. The number of rotatable bonds is 4. The second-order valence-electron chi connectivity index (χ2n) is 4.24. The van der Waals surface area contributed by atoms with Gasteiger partial charge in [0.1, 0.15) is 10.4 Å². The van der Waals surface area contributed by atoms with Gasteiger partial charge in [-0.2, -0.15) is 0 Å². The lowest BCUT2D eigenvalue weighted by Gasteiger charge is -2.16. The van der Waals surface area contributed by atoms with Gasteiger partial charge >= 0.3 is 0 Å². The van der Waals surface area contributed by atoms with Crippen LogP contribution in [0.15, 0.2) is 10.8 Å². The predicted molar refractivity (Wildman–Crippen MR) is 64.7 cm³/mol. The number of halogens is 1. The van der Waals surface area contributed by atoms with E-state index in [1.807, 2.05) is 6.20 Å². The van der Waals surface area contributed by atoms with Crippen LogP contribution in [0.5, 0.6) is 0 Å². The van der Waals surface area contributed by atoms with Crippen molar-refractivity contribution in [2.75, 3.05) is 6.54 Å². The van der Waals surface area contributed by atoms with Crippen molar-refractivity contribution in [1.82, 2.24) is 15.3 Å². The number of imidazole rings is 1. The lowest BCUT2D eigenvalue weighted by Crippen LogP contribution is -2.19.